The highest BCUT2D eigenvalue weighted by atomic mass is 31.2. The van der Waals surface area contributed by atoms with E-state index in [1.54, 1.807) is 6.08 Å². The number of phosphoric ester groups is 1. The summed E-state index contributed by atoms with van der Waals surface area (Å²) in [5, 5.41) is 0. The van der Waals surface area contributed by atoms with Gasteiger partial charge in [0, 0.05) is 19.3 Å². The van der Waals surface area contributed by atoms with Crippen molar-refractivity contribution in [2.75, 3.05) is 47.5 Å². The van der Waals surface area contributed by atoms with Crippen molar-refractivity contribution in [2.45, 2.75) is 155 Å². The van der Waals surface area contributed by atoms with Crippen molar-refractivity contribution in [1.29, 1.82) is 0 Å². The van der Waals surface area contributed by atoms with Gasteiger partial charge in [0.15, 0.2) is 11.9 Å². The second kappa shape index (κ2) is 39.0. The van der Waals surface area contributed by atoms with Gasteiger partial charge in [0.05, 0.1) is 27.7 Å². The van der Waals surface area contributed by atoms with Crippen LogP contribution in [0.15, 0.2) is 85.1 Å². The SMILES string of the molecule is CCCCC/C=C\C=C\C(=O)CCCCCCCC(=O)OC[C@H](COP(=O)(O)OCC[N+](C)(C)C)OC(=O)CC/C=C\C/C=C\C/C=C\C/C=C\C/C=C\CCCCC. The lowest BCUT2D eigenvalue weighted by Gasteiger charge is -2.24. The molecule has 0 aromatic rings. The fourth-order valence-electron chi connectivity index (χ4n) is 5.33. The van der Waals surface area contributed by atoms with Crippen LogP contribution in [0.3, 0.4) is 0 Å². The van der Waals surface area contributed by atoms with Gasteiger partial charge in [-0.1, -0.05) is 138 Å². The van der Waals surface area contributed by atoms with Gasteiger partial charge in [0.1, 0.15) is 19.8 Å². The summed E-state index contributed by atoms with van der Waals surface area (Å²) in [4.78, 5) is 47.4. The van der Waals surface area contributed by atoms with Crippen LogP contribution in [0.25, 0.3) is 0 Å². The number of hydrogen-bond acceptors (Lipinski definition) is 8. The first kappa shape index (κ1) is 55.9. The van der Waals surface area contributed by atoms with Gasteiger partial charge in [0.25, 0.3) is 0 Å². The number of likely N-dealkylation sites (N-methyl/N-ethyl adjacent to an activating group) is 1. The highest BCUT2D eigenvalue weighted by Crippen LogP contribution is 2.43. The van der Waals surface area contributed by atoms with E-state index in [1.165, 1.54) is 44.9 Å². The van der Waals surface area contributed by atoms with E-state index < -0.39 is 32.5 Å². The highest BCUT2D eigenvalue weighted by molar-refractivity contribution is 7.47. The smallest absolute Gasteiger partial charge is 0.462 e. The van der Waals surface area contributed by atoms with Crippen LogP contribution in [0.1, 0.15) is 149 Å². The van der Waals surface area contributed by atoms with Crippen LogP contribution in [0, 0.1) is 0 Å². The molecule has 0 aliphatic carbocycles. The van der Waals surface area contributed by atoms with Gasteiger partial charge in [-0.25, -0.2) is 4.57 Å². The average Bonchev–Trinajstić information content (AvgIpc) is 3.18. The topological polar surface area (TPSA) is 125 Å². The number of phosphoric acid groups is 1. The second-order valence-electron chi connectivity index (χ2n) is 15.8. The molecule has 0 bridgehead atoms. The first-order chi connectivity index (χ1) is 28.4. The first-order valence-corrected chi connectivity index (χ1v) is 23.8. The van der Waals surface area contributed by atoms with Gasteiger partial charge in [-0.05, 0) is 76.7 Å². The van der Waals surface area contributed by atoms with E-state index in [2.05, 4.69) is 68.5 Å². The van der Waals surface area contributed by atoms with Crippen LogP contribution in [-0.2, 0) is 37.5 Å². The molecule has 10 nitrogen and oxygen atoms in total. The lowest BCUT2D eigenvalue weighted by atomic mass is 10.1. The number of esters is 2. The minimum Gasteiger partial charge on any atom is -0.462 e. The summed E-state index contributed by atoms with van der Waals surface area (Å²) in [7, 11) is 1.35. The standard InChI is InChI=1S/C48H80NO9P/c1-6-8-10-12-14-15-16-17-18-19-20-21-22-23-24-25-27-31-36-40-48(52)58-46(44-57-59(53,54)56-42-41-49(3,4)5)43-55-47(51)39-35-32-28-30-34-38-45(50)37-33-29-26-13-11-9-7-2/h14-15,17-18,20-21,23-24,26-27,29,31,33,37,46H,6-13,16,19,22,25,28,30,32,34-36,38-44H2,1-5H3/p+1/b15-14-,18-17-,21-20-,24-23-,29-26-,31-27-,37-33+/t46-/m1/s1. The van der Waals surface area contributed by atoms with Crippen LogP contribution < -0.4 is 0 Å². The van der Waals surface area contributed by atoms with Gasteiger partial charge in [-0.15, -0.1) is 0 Å². The van der Waals surface area contributed by atoms with Gasteiger partial charge in [0.2, 0.25) is 0 Å². The number of unbranched alkanes of at least 4 members (excludes halogenated alkanes) is 10. The molecule has 0 amide bonds. The van der Waals surface area contributed by atoms with Crippen molar-refractivity contribution in [3.8, 4) is 0 Å². The predicted molar refractivity (Wildman–Crippen MR) is 243 cm³/mol. The highest BCUT2D eigenvalue weighted by Gasteiger charge is 2.27. The maximum absolute atomic E-state index is 12.7. The summed E-state index contributed by atoms with van der Waals surface area (Å²) in [5.74, 6) is -0.877. The van der Waals surface area contributed by atoms with E-state index in [9.17, 15) is 23.8 Å². The van der Waals surface area contributed by atoms with Crippen molar-refractivity contribution in [1.82, 2.24) is 0 Å². The number of ether oxygens (including phenoxy) is 2. The van der Waals surface area contributed by atoms with Gasteiger partial charge < -0.3 is 18.9 Å². The Bertz CT molecular complexity index is 1340. The molecule has 0 aromatic heterocycles. The number of allylic oxidation sites excluding steroid dienone is 14. The summed E-state index contributed by atoms with van der Waals surface area (Å²) >= 11 is 0. The van der Waals surface area contributed by atoms with Crippen LogP contribution >= 0.6 is 7.82 Å². The number of quaternary nitrogens is 1. The number of hydrogen-bond donors (Lipinski definition) is 1. The third kappa shape index (κ3) is 42.8. The van der Waals surface area contributed by atoms with E-state index >= 15 is 0 Å². The van der Waals surface area contributed by atoms with Crippen molar-refractivity contribution < 1.29 is 46.8 Å². The molecule has 1 unspecified atom stereocenters. The number of ketones is 1. The van der Waals surface area contributed by atoms with Gasteiger partial charge in [-0.3, -0.25) is 23.4 Å². The number of nitrogens with zero attached hydrogens (tertiary/aromatic N) is 1. The second-order valence-corrected chi connectivity index (χ2v) is 17.2. The molecular formula is C48H81NO9P+. The van der Waals surface area contributed by atoms with E-state index in [1.807, 2.05) is 45.4 Å². The van der Waals surface area contributed by atoms with Crippen LogP contribution in [0.2, 0.25) is 0 Å². The molecular weight excluding hydrogens is 765 g/mol. The largest absolute Gasteiger partial charge is 0.472 e. The third-order valence-corrected chi connectivity index (χ3v) is 9.87. The molecule has 0 fully saturated rings. The fourth-order valence-corrected chi connectivity index (χ4v) is 6.07. The van der Waals surface area contributed by atoms with Crippen molar-refractivity contribution in [3.05, 3.63) is 85.1 Å². The quantitative estimate of drug-likeness (QED) is 0.0122. The fraction of sp³-hybridized carbons (Fsp3) is 0.646. The first-order valence-electron chi connectivity index (χ1n) is 22.3. The van der Waals surface area contributed by atoms with Crippen LogP contribution in [0.5, 0.6) is 0 Å². The molecule has 11 heteroatoms. The molecule has 0 spiro atoms. The molecule has 0 heterocycles. The monoisotopic (exact) mass is 847 g/mol. The summed E-state index contributed by atoms with van der Waals surface area (Å²) in [6.07, 6.45) is 46.1. The number of rotatable bonds is 39. The van der Waals surface area contributed by atoms with Crippen LogP contribution in [-0.4, -0.2) is 80.7 Å². The summed E-state index contributed by atoms with van der Waals surface area (Å²) in [6.45, 7) is 4.09. The summed E-state index contributed by atoms with van der Waals surface area (Å²) in [5.41, 5.74) is 0. The Balaban J connectivity index is 4.58. The molecule has 1 N–H and O–H groups in total. The molecule has 0 rings (SSSR count). The zero-order valence-electron chi connectivity index (χ0n) is 37.4. The minimum absolute atomic E-state index is 0.00564. The van der Waals surface area contributed by atoms with Crippen molar-refractivity contribution in [3.63, 3.8) is 0 Å². The zero-order valence-corrected chi connectivity index (χ0v) is 38.3. The van der Waals surface area contributed by atoms with E-state index in [4.69, 9.17) is 18.5 Å². The molecule has 0 aliphatic heterocycles. The maximum atomic E-state index is 12.7. The Morgan fingerprint density at radius 3 is 1.68 bits per heavy atom. The average molecular weight is 847 g/mol. The Kier molecular flexibility index (Phi) is 36.9. The maximum Gasteiger partial charge on any atom is 0.472 e. The van der Waals surface area contributed by atoms with Crippen molar-refractivity contribution in [2.24, 2.45) is 0 Å². The molecule has 0 aromatic carbocycles. The Morgan fingerprint density at radius 2 is 1.10 bits per heavy atom. The molecule has 59 heavy (non-hydrogen) atoms. The Hall–Kier alpha value is -3.14. The minimum atomic E-state index is -4.43. The number of carbonyl (C=O) groups is 3. The molecule has 0 saturated heterocycles. The van der Waals surface area contributed by atoms with Crippen molar-refractivity contribution >= 4 is 25.5 Å². The van der Waals surface area contributed by atoms with E-state index in [0.717, 1.165) is 57.8 Å². The molecule has 0 aliphatic rings. The molecule has 0 radical (unpaired) electrons. The Morgan fingerprint density at radius 1 is 0.576 bits per heavy atom. The Labute approximate surface area is 358 Å². The van der Waals surface area contributed by atoms with Crippen LogP contribution in [0.4, 0.5) is 0 Å². The molecule has 2 atom stereocenters. The lowest BCUT2D eigenvalue weighted by Crippen LogP contribution is -2.37. The van der Waals surface area contributed by atoms with Gasteiger partial charge in [-0.2, -0.15) is 0 Å². The zero-order chi connectivity index (χ0) is 43.7. The third-order valence-electron chi connectivity index (χ3n) is 8.89. The normalized spacial score (nSPS) is 14.3. The molecule has 336 valence electrons. The summed E-state index contributed by atoms with van der Waals surface area (Å²) in [6, 6.07) is 0. The lowest BCUT2D eigenvalue weighted by molar-refractivity contribution is -0.870. The predicted octanol–water partition coefficient (Wildman–Crippen LogP) is 12.0. The van der Waals surface area contributed by atoms with Gasteiger partial charge >= 0.3 is 19.8 Å². The number of carbonyl (C=O) groups excluding carboxylic acids is 3. The van der Waals surface area contributed by atoms with E-state index in [-0.39, 0.29) is 31.8 Å². The molecule has 0 saturated carbocycles. The summed E-state index contributed by atoms with van der Waals surface area (Å²) < 4.78 is 34.1. The van der Waals surface area contributed by atoms with E-state index in [0.29, 0.717) is 30.3 Å².